The molecular formula is C27H25Cl2FN2O3S. The topological polar surface area (TPSA) is 57.7 Å². The standard InChI is InChI=1S/C27H25Cl2FN2O3S/c1-17-18(2)32(13-12-31(17)21-7-5-6-20(28)15-21)27(34)19-10-11-26(23(29)14-19)36(35)16-25(33)22-8-3-4-9-24(22)30/h3-11,14-15,17-18H,12-13,16H2,1-2H3. The second kappa shape index (κ2) is 11.1. The van der Waals surface area contributed by atoms with E-state index in [9.17, 15) is 18.2 Å². The van der Waals surface area contributed by atoms with Gasteiger partial charge in [-0.2, -0.15) is 0 Å². The predicted molar refractivity (Wildman–Crippen MR) is 142 cm³/mol. The molecule has 0 radical (unpaired) electrons. The van der Waals surface area contributed by atoms with Crippen LogP contribution in [0.1, 0.15) is 34.6 Å². The SMILES string of the molecule is CC1C(C)N(c2cccc(Cl)c2)CCN1C(=O)c1ccc(S(=O)CC(=O)c2ccccc2F)c(Cl)c1. The Hall–Kier alpha value is -2.74. The lowest BCUT2D eigenvalue weighted by Crippen LogP contribution is -2.59. The number of anilines is 1. The van der Waals surface area contributed by atoms with Gasteiger partial charge in [-0.25, -0.2) is 4.39 Å². The minimum absolute atomic E-state index is 0.0489. The maximum atomic E-state index is 13.9. The number of Topliss-reactive ketones (excluding diaryl/α,β-unsaturated/α-hetero) is 1. The second-order valence-electron chi connectivity index (χ2n) is 8.69. The van der Waals surface area contributed by atoms with Crippen LogP contribution in [-0.2, 0) is 10.8 Å². The molecule has 1 aliphatic rings. The number of halogens is 3. The Bertz CT molecular complexity index is 1340. The number of hydrogen-bond donors (Lipinski definition) is 0. The van der Waals surface area contributed by atoms with Crippen molar-refractivity contribution in [1.29, 1.82) is 0 Å². The highest BCUT2D eigenvalue weighted by Crippen LogP contribution is 2.29. The van der Waals surface area contributed by atoms with E-state index >= 15 is 0 Å². The average Bonchev–Trinajstić information content (AvgIpc) is 2.85. The molecule has 0 aromatic heterocycles. The average molecular weight is 547 g/mol. The van der Waals surface area contributed by atoms with Crippen LogP contribution < -0.4 is 4.90 Å². The number of piperazine rings is 1. The van der Waals surface area contributed by atoms with Crippen molar-refractivity contribution in [3.63, 3.8) is 0 Å². The van der Waals surface area contributed by atoms with Crippen LogP contribution in [0, 0.1) is 5.82 Å². The molecule has 0 spiro atoms. The third kappa shape index (κ3) is 5.48. The second-order valence-corrected chi connectivity index (χ2v) is 11.0. The zero-order chi connectivity index (χ0) is 26.0. The first kappa shape index (κ1) is 26.3. The van der Waals surface area contributed by atoms with Gasteiger partial charge in [0, 0.05) is 41.4 Å². The van der Waals surface area contributed by atoms with Crippen LogP contribution in [-0.4, -0.2) is 51.7 Å². The van der Waals surface area contributed by atoms with Crippen LogP contribution in [0.5, 0.6) is 0 Å². The zero-order valence-electron chi connectivity index (χ0n) is 19.8. The maximum absolute atomic E-state index is 13.9. The third-order valence-corrected chi connectivity index (χ3v) is 8.56. The molecular weight excluding hydrogens is 522 g/mol. The largest absolute Gasteiger partial charge is 0.365 e. The summed E-state index contributed by atoms with van der Waals surface area (Å²) in [6, 6.07) is 17.7. The number of hydrogen-bond acceptors (Lipinski definition) is 4. The molecule has 188 valence electrons. The Balaban J connectivity index is 1.46. The Morgan fingerprint density at radius 1 is 0.972 bits per heavy atom. The van der Waals surface area contributed by atoms with Crippen molar-refractivity contribution in [3.05, 3.63) is 93.7 Å². The smallest absolute Gasteiger partial charge is 0.254 e. The Labute approximate surface area is 222 Å². The zero-order valence-corrected chi connectivity index (χ0v) is 22.1. The molecule has 0 aliphatic carbocycles. The first-order valence-electron chi connectivity index (χ1n) is 11.5. The third-order valence-electron chi connectivity index (χ3n) is 6.52. The molecule has 0 saturated carbocycles. The molecule has 3 unspecified atom stereocenters. The predicted octanol–water partition coefficient (Wildman–Crippen LogP) is 5.86. The van der Waals surface area contributed by atoms with Crippen LogP contribution >= 0.6 is 23.2 Å². The molecule has 5 nitrogen and oxygen atoms in total. The fraction of sp³-hybridized carbons (Fsp3) is 0.259. The van der Waals surface area contributed by atoms with Gasteiger partial charge in [0.15, 0.2) is 5.78 Å². The molecule has 3 atom stereocenters. The maximum Gasteiger partial charge on any atom is 0.254 e. The van der Waals surface area contributed by atoms with E-state index in [4.69, 9.17) is 23.2 Å². The lowest BCUT2D eigenvalue weighted by molar-refractivity contribution is 0.0634. The van der Waals surface area contributed by atoms with E-state index in [0.717, 1.165) is 5.69 Å². The van der Waals surface area contributed by atoms with E-state index in [2.05, 4.69) is 11.8 Å². The number of carbonyl (C=O) groups is 2. The van der Waals surface area contributed by atoms with Gasteiger partial charge in [-0.15, -0.1) is 0 Å². The van der Waals surface area contributed by atoms with Crippen LogP contribution in [0.4, 0.5) is 10.1 Å². The van der Waals surface area contributed by atoms with Crippen LogP contribution in [0.25, 0.3) is 0 Å². The summed E-state index contributed by atoms with van der Waals surface area (Å²) in [4.78, 5) is 30.0. The van der Waals surface area contributed by atoms with Gasteiger partial charge in [-0.05, 0) is 62.4 Å². The summed E-state index contributed by atoms with van der Waals surface area (Å²) in [5, 5.41) is 0.785. The summed E-state index contributed by atoms with van der Waals surface area (Å²) in [6.45, 7) is 5.22. The first-order valence-corrected chi connectivity index (χ1v) is 13.5. The number of nitrogens with zero attached hydrogens (tertiary/aromatic N) is 2. The molecule has 1 fully saturated rings. The number of carbonyl (C=O) groups excluding carboxylic acids is 2. The van der Waals surface area contributed by atoms with E-state index in [1.807, 2.05) is 31.2 Å². The van der Waals surface area contributed by atoms with Crippen LogP contribution in [0.2, 0.25) is 10.0 Å². The first-order chi connectivity index (χ1) is 17.2. The summed E-state index contributed by atoms with van der Waals surface area (Å²) < 4.78 is 26.7. The van der Waals surface area contributed by atoms with Gasteiger partial charge in [-0.1, -0.05) is 41.4 Å². The molecule has 0 bridgehead atoms. The Kier molecular flexibility index (Phi) is 8.13. The fourth-order valence-corrected chi connectivity index (χ4v) is 6.06. The van der Waals surface area contributed by atoms with Crippen LogP contribution in [0.3, 0.4) is 0 Å². The van der Waals surface area contributed by atoms with Gasteiger partial charge in [0.05, 0.1) is 32.0 Å². The summed E-state index contributed by atoms with van der Waals surface area (Å²) in [7, 11) is -1.79. The molecule has 4 rings (SSSR count). The molecule has 3 aromatic rings. The molecule has 1 amide bonds. The van der Waals surface area contributed by atoms with Gasteiger partial charge in [0.1, 0.15) is 5.82 Å². The quantitative estimate of drug-likeness (QED) is 0.363. The van der Waals surface area contributed by atoms with E-state index in [1.165, 1.54) is 30.3 Å². The van der Waals surface area contributed by atoms with Crippen molar-refractivity contribution in [2.24, 2.45) is 0 Å². The monoisotopic (exact) mass is 546 g/mol. The van der Waals surface area contributed by atoms with Crippen molar-refractivity contribution in [1.82, 2.24) is 4.90 Å². The van der Waals surface area contributed by atoms with Crippen molar-refractivity contribution in [3.8, 4) is 0 Å². The van der Waals surface area contributed by atoms with Gasteiger partial charge >= 0.3 is 0 Å². The number of benzene rings is 3. The van der Waals surface area contributed by atoms with Gasteiger partial charge in [0.2, 0.25) is 0 Å². The molecule has 1 saturated heterocycles. The van der Waals surface area contributed by atoms with Crippen molar-refractivity contribution in [2.45, 2.75) is 30.8 Å². The summed E-state index contributed by atoms with van der Waals surface area (Å²) in [5.41, 5.74) is 1.26. The van der Waals surface area contributed by atoms with Gasteiger partial charge in [0.25, 0.3) is 5.91 Å². The summed E-state index contributed by atoms with van der Waals surface area (Å²) in [6.07, 6.45) is 0. The highest BCUT2D eigenvalue weighted by molar-refractivity contribution is 7.86. The van der Waals surface area contributed by atoms with Crippen LogP contribution in [0.15, 0.2) is 71.6 Å². The van der Waals surface area contributed by atoms with E-state index < -0.39 is 28.2 Å². The molecule has 3 aromatic carbocycles. The van der Waals surface area contributed by atoms with Crippen molar-refractivity contribution >= 4 is 51.4 Å². The molecule has 1 heterocycles. The molecule has 0 N–H and O–H groups in total. The Morgan fingerprint density at radius 3 is 2.42 bits per heavy atom. The van der Waals surface area contributed by atoms with Gasteiger partial charge < -0.3 is 9.80 Å². The Morgan fingerprint density at radius 2 is 1.72 bits per heavy atom. The van der Waals surface area contributed by atoms with Gasteiger partial charge in [-0.3, -0.25) is 13.8 Å². The number of rotatable bonds is 6. The lowest BCUT2D eigenvalue weighted by atomic mass is 10.0. The number of amides is 1. The fourth-order valence-electron chi connectivity index (χ4n) is 4.40. The van der Waals surface area contributed by atoms with E-state index in [0.29, 0.717) is 23.7 Å². The van der Waals surface area contributed by atoms with Crippen molar-refractivity contribution in [2.75, 3.05) is 23.7 Å². The molecule has 36 heavy (non-hydrogen) atoms. The molecule has 9 heteroatoms. The molecule has 1 aliphatic heterocycles. The minimum atomic E-state index is -1.79. The normalized spacial score (nSPS) is 18.7. The highest BCUT2D eigenvalue weighted by atomic mass is 35.5. The van der Waals surface area contributed by atoms with E-state index in [1.54, 1.807) is 17.0 Å². The van der Waals surface area contributed by atoms with Crippen molar-refractivity contribution < 1.29 is 18.2 Å². The minimum Gasteiger partial charge on any atom is -0.365 e. The summed E-state index contributed by atoms with van der Waals surface area (Å²) in [5.74, 6) is -1.83. The number of ketones is 1. The van der Waals surface area contributed by atoms with E-state index in [-0.39, 0.29) is 33.5 Å². The lowest BCUT2D eigenvalue weighted by Gasteiger charge is -2.46. The highest BCUT2D eigenvalue weighted by Gasteiger charge is 2.34. The summed E-state index contributed by atoms with van der Waals surface area (Å²) >= 11 is 12.5.